The lowest BCUT2D eigenvalue weighted by atomic mass is 10.1. The van der Waals surface area contributed by atoms with E-state index in [9.17, 15) is 14.9 Å². The number of nitriles is 2. The highest BCUT2D eigenvalue weighted by atomic mass is 16.5. The third kappa shape index (κ3) is 5.33. The first-order valence-corrected chi connectivity index (χ1v) is 10.0. The molecule has 0 saturated heterocycles. The number of benzene rings is 2. The van der Waals surface area contributed by atoms with Crippen LogP contribution in [0.3, 0.4) is 0 Å². The fraction of sp³-hybridized carbons (Fsp3) is 0.280. The molecule has 7 nitrogen and oxygen atoms in total. The first-order chi connectivity index (χ1) is 15.4. The van der Waals surface area contributed by atoms with Crippen LogP contribution >= 0.6 is 0 Å². The second-order valence-corrected chi connectivity index (χ2v) is 7.88. The van der Waals surface area contributed by atoms with Crippen LogP contribution in [0.2, 0.25) is 0 Å². The van der Waals surface area contributed by atoms with Gasteiger partial charge in [0.1, 0.15) is 23.6 Å². The van der Waals surface area contributed by atoms with Gasteiger partial charge in [-0.1, -0.05) is 50.3 Å². The normalized spacial score (nSPS) is 19.2. The van der Waals surface area contributed by atoms with E-state index in [-0.39, 0.29) is 12.5 Å². The summed E-state index contributed by atoms with van der Waals surface area (Å²) in [5, 5.41) is 18.0. The minimum Gasteiger partial charge on any atom is -0.457 e. The van der Waals surface area contributed by atoms with Crippen LogP contribution in [0.15, 0.2) is 66.7 Å². The van der Waals surface area contributed by atoms with Gasteiger partial charge < -0.3 is 14.2 Å². The summed E-state index contributed by atoms with van der Waals surface area (Å²) in [6, 6.07) is 19.8. The number of ether oxygens (including phenoxy) is 3. The van der Waals surface area contributed by atoms with Gasteiger partial charge in [-0.25, -0.2) is 4.79 Å². The summed E-state index contributed by atoms with van der Waals surface area (Å²) in [6.45, 7) is 3.42. The van der Waals surface area contributed by atoms with Gasteiger partial charge >= 0.3 is 11.9 Å². The second-order valence-electron chi connectivity index (χ2n) is 7.88. The number of allylic oxidation sites excluding steroid dienone is 1. The highest BCUT2D eigenvalue weighted by Crippen LogP contribution is 2.59. The maximum absolute atomic E-state index is 12.8. The highest BCUT2D eigenvalue weighted by Gasteiger charge is 2.61. The average Bonchev–Trinajstić information content (AvgIpc) is 3.35. The van der Waals surface area contributed by atoms with Gasteiger partial charge in [-0.05, 0) is 35.6 Å². The van der Waals surface area contributed by atoms with Crippen molar-refractivity contribution in [1.29, 1.82) is 10.5 Å². The molecule has 1 aliphatic carbocycles. The predicted molar refractivity (Wildman–Crippen MR) is 114 cm³/mol. The van der Waals surface area contributed by atoms with E-state index in [1.165, 1.54) is 6.08 Å². The molecule has 0 amide bonds. The van der Waals surface area contributed by atoms with Crippen LogP contribution in [-0.2, 0) is 19.1 Å². The molecular weight excluding hydrogens is 408 g/mol. The molecule has 3 rings (SSSR count). The second kappa shape index (κ2) is 9.80. The fourth-order valence-electron chi connectivity index (χ4n) is 3.54. The molecule has 0 aromatic heterocycles. The van der Waals surface area contributed by atoms with Crippen molar-refractivity contribution in [3.8, 4) is 23.6 Å². The maximum Gasteiger partial charge on any atom is 0.331 e. The highest BCUT2D eigenvalue weighted by molar-refractivity contribution is 5.83. The number of carbonyl (C=O) groups excluding carboxylic acids is 2. The van der Waals surface area contributed by atoms with Crippen LogP contribution in [0.4, 0.5) is 0 Å². The van der Waals surface area contributed by atoms with Crippen LogP contribution in [0.1, 0.15) is 25.5 Å². The van der Waals surface area contributed by atoms with E-state index in [4.69, 9.17) is 14.7 Å². The van der Waals surface area contributed by atoms with Crippen molar-refractivity contribution in [2.45, 2.75) is 20.0 Å². The van der Waals surface area contributed by atoms with Gasteiger partial charge in [-0.2, -0.15) is 10.5 Å². The number of rotatable bonds is 8. The summed E-state index contributed by atoms with van der Waals surface area (Å²) in [7, 11) is 0. The van der Waals surface area contributed by atoms with Crippen molar-refractivity contribution in [2.75, 3.05) is 6.61 Å². The van der Waals surface area contributed by atoms with E-state index in [2.05, 4.69) is 4.74 Å². The predicted octanol–water partition coefficient (Wildman–Crippen LogP) is 4.48. The molecule has 0 radical (unpaired) electrons. The van der Waals surface area contributed by atoms with Gasteiger partial charge in [0.05, 0.1) is 5.92 Å². The number of carbonyl (C=O) groups is 2. The zero-order valence-electron chi connectivity index (χ0n) is 17.7. The Kier molecular flexibility index (Phi) is 6.92. The van der Waals surface area contributed by atoms with Gasteiger partial charge in [0.25, 0.3) is 0 Å². The number of para-hydroxylation sites is 1. The Bertz CT molecular complexity index is 1100. The van der Waals surface area contributed by atoms with E-state index in [0.717, 1.165) is 0 Å². The van der Waals surface area contributed by atoms with E-state index in [1.54, 1.807) is 36.4 Å². The first kappa shape index (κ1) is 22.6. The van der Waals surface area contributed by atoms with Crippen LogP contribution in [0.5, 0.6) is 11.5 Å². The molecule has 0 spiro atoms. The van der Waals surface area contributed by atoms with Crippen molar-refractivity contribution in [2.24, 2.45) is 17.3 Å². The molecule has 0 N–H and O–H groups in total. The average molecular weight is 430 g/mol. The van der Waals surface area contributed by atoms with Crippen LogP contribution in [0, 0.1) is 39.9 Å². The smallest absolute Gasteiger partial charge is 0.331 e. The van der Waals surface area contributed by atoms with E-state index >= 15 is 0 Å². The fourth-order valence-corrected chi connectivity index (χ4v) is 3.54. The van der Waals surface area contributed by atoms with Crippen molar-refractivity contribution in [3.05, 3.63) is 72.3 Å². The summed E-state index contributed by atoms with van der Waals surface area (Å²) in [5.74, 6) is -0.729. The zero-order valence-corrected chi connectivity index (χ0v) is 17.7. The quantitative estimate of drug-likeness (QED) is 0.448. The monoisotopic (exact) mass is 430 g/mol. The molecule has 0 unspecified atom stereocenters. The minimum absolute atomic E-state index is 0.239. The minimum atomic E-state index is -1.09. The Morgan fingerprint density at radius 1 is 1.09 bits per heavy atom. The molecule has 7 heteroatoms. The van der Waals surface area contributed by atoms with Gasteiger partial charge in [-0.15, -0.1) is 0 Å². The lowest BCUT2D eigenvalue weighted by Crippen LogP contribution is -2.14. The molecule has 0 heterocycles. The lowest BCUT2D eigenvalue weighted by molar-refractivity contribution is -0.149. The molecule has 2 aromatic carbocycles. The third-order valence-electron chi connectivity index (χ3n) is 5.37. The maximum atomic E-state index is 12.8. The Labute approximate surface area is 186 Å². The Balaban J connectivity index is 1.66. The van der Waals surface area contributed by atoms with Crippen LogP contribution in [-0.4, -0.2) is 18.5 Å². The molecule has 162 valence electrons. The van der Waals surface area contributed by atoms with Crippen molar-refractivity contribution >= 4 is 11.9 Å². The summed E-state index contributed by atoms with van der Waals surface area (Å²) >= 11 is 0. The van der Waals surface area contributed by atoms with E-state index in [0.29, 0.717) is 17.1 Å². The topological polar surface area (TPSA) is 109 Å². The van der Waals surface area contributed by atoms with Crippen LogP contribution in [0.25, 0.3) is 0 Å². The molecule has 3 atom stereocenters. The molecule has 0 bridgehead atoms. The van der Waals surface area contributed by atoms with E-state index in [1.807, 2.05) is 50.2 Å². The van der Waals surface area contributed by atoms with Crippen LogP contribution < -0.4 is 4.74 Å². The van der Waals surface area contributed by atoms with Gasteiger partial charge in [0.2, 0.25) is 6.10 Å². The van der Waals surface area contributed by atoms with Crippen molar-refractivity contribution in [3.63, 3.8) is 0 Å². The number of hydrogen-bond acceptors (Lipinski definition) is 7. The zero-order chi connectivity index (χ0) is 23.1. The number of hydrogen-bond donors (Lipinski definition) is 0. The first-order valence-electron chi connectivity index (χ1n) is 10.0. The number of nitrogens with zero attached hydrogens (tertiary/aromatic N) is 2. The van der Waals surface area contributed by atoms with Crippen molar-refractivity contribution in [1.82, 2.24) is 0 Å². The third-order valence-corrected chi connectivity index (χ3v) is 5.37. The number of esters is 2. The Hall–Kier alpha value is -4.10. The molecule has 32 heavy (non-hydrogen) atoms. The summed E-state index contributed by atoms with van der Waals surface area (Å²) in [4.78, 5) is 24.3. The Morgan fingerprint density at radius 3 is 2.50 bits per heavy atom. The molecule has 1 saturated carbocycles. The summed E-state index contributed by atoms with van der Waals surface area (Å²) in [6.07, 6.45) is 1.70. The molecular formula is C25H22N2O5. The summed E-state index contributed by atoms with van der Waals surface area (Å²) < 4.78 is 16.0. The largest absolute Gasteiger partial charge is 0.457 e. The molecule has 1 aliphatic rings. The SMILES string of the molecule is CC1(C)[C@H](C(=O)O[C@H](C#N)c2cccc(Oc3ccccc3)c2)[C@@H]1C=CC(=O)OCC#N. The lowest BCUT2D eigenvalue weighted by Gasteiger charge is -2.13. The van der Waals surface area contributed by atoms with Crippen molar-refractivity contribution < 1.29 is 23.8 Å². The Morgan fingerprint density at radius 2 is 1.81 bits per heavy atom. The van der Waals surface area contributed by atoms with E-state index < -0.39 is 29.4 Å². The standard InChI is InChI=1S/C25H22N2O5/c1-25(2)20(11-12-22(28)30-14-13-26)23(25)24(29)32-21(16-27)17-7-6-10-19(15-17)31-18-8-4-3-5-9-18/h3-12,15,20-21,23H,14H2,1-2H3/t20-,21+,23-/m0/s1. The van der Waals surface area contributed by atoms with Gasteiger partial charge in [-0.3, -0.25) is 4.79 Å². The molecule has 2 aromatic rings. The molecule has 1 fully saturated rings. The van der Waals surface area contributed by atoms with Gasteiger partial charge in [0.15, 0.2) is 6.61 Å². The van der Waals surface area contributed by atoms with Gasteiger partial charge in [0, 0.05) is 11.6 Å². The molecule has 0 aliphatic heterocycles. The summed E-state index contributed by atoms with van der Waals surface area (Å²) in [5.41, 5.74) is 0.0707.